The second-order valence-electron chi connectivity index (χ2n) is 5.23. The largest absolute Gasteiger partial charge is 0.325 e. The first kappa shape index (κ1) is 15.3. The molecule has 0 aromatic heterocycles. The molecule has 19 heavy (non-hydrogen) atoms. The minimum atomic E-state index is -0.370. The van der Waals surface area contributed by atoms with Gasteiger partial charge in [-0.05, 0) is 31.0 Å². The van der Waals surface area contributed by atoms with Crippen LogP contribution in [-0.2, 0) is 4.79 Å². The van der Waals surface area contributed by atoms with Gasteiger partial charge in [-0.3, -0.25) is 4.79 Å². The molecule has 0 aliphatic carbocycles. The summed E-state index contributed by atoms with van der Waals surface area (Å²) in [6.07, 6.45) is 0.796. The van der Waals surface area contributed by atoms with E-state index < -0.39 is 0 Å². The van der Waals surface area contributed by atoms with Crippen LogP contribution in [0.4, 0.5) is 5.69 Å². The summed E-state index contributed by atoms with van der Waals surface area (Å²) >= 11 is 0. The minimum absolute atomic E-state index is 0.0297. The molecule has 1 aromatic rings. The average molecular weight is 258 g/mol. The summed E-state index contributed by atoms with van der Waals surface area (Å²) in [6, 6.07) is 5.77. The molecule has 0 bridgehead atoms. The van der Waals surface area contributed by atoms with Gasteiger partial charge in [0.1, 0.15) is 0 Å². The average Bonchev–Trinajstić information content (AvgIpc) is 2.39. The first-order valence-corrected chi connectivity index (χ1v) is 6.51. The van der Waals surface area contributed by atoms with Gasteiger partial charge >= 0.3 is 0 Å². The number of carbonyl (C=O) groups excluding carboxylic acids is 1. The first-order valence-electron chi connectivity index (χ1n) is 6.51. The topological polar surface area (TPSA) is 55.1 Å². The Kier molecular flexibility index (Phi) is 5.14. The second kappa shape index (κ2) is 6.40. The molecule has 3 N–H and O–H groups in total. The van der Waals surface area contributed by atoms with Gasteiger partial charge in [-0.15, -0.1) is 0 Å². The smallest absolute Gasteiger partial charge is 0.230 e. The van der Waals surface area contributed by atoms with Crippen molar-refractivity contribution in [1.82, 2.24) is 0 Å². The Morgan fingerprint density at radius 1 is 1.42 bits per heavy atom. The van der Waals surface area contributed by atoms with Gasteiger partial charge in [-0.2, -0.15) is 0 Å². The van der Waals surface area contributed by atoms with Crippen LogP contribution in [0.2, 0.25) is 0 Å². The van der Waals surface area contributed by atoms with E-state index in [1.807, 2.05) is 45.9 Å². The summed E-state index contributed by atoms with van der Waals surface area (Å²) in [5.74, 6) is 5.81. The van der Waals surface area contributed by atoms with Crippen LogP contribution in [0.25, 0.3) is 0 Å². The van der Waals surface area contributed by atoms with E-state index in [9.17, 15) is 4.79 Å². The highest BCUT2D eigenvalue weighted by Gasteiger charge is 2.25. The van der Waals surface area contributed by atoms with Crippen molar-refractivity contribution in [2.75, 3.05) is 11.9 Å². The molecule has 0 unspecified atom stereocenters. The molecule has 0 aliphatic heterocycles. The number of nitrogens with two attached hydrogens (primary N) is 1. The van der Waals surface area contributed by atoms with Crippen LogP contribution in [0, 0.1) is 24.2 Å². The first-order chi connectivity index (χ1) is 8.90. The Labute approximate surface area is 115 Å². The molecule has 0 aliphatic rings. The number of rotatable bonds is 3. The van der Waals surface area contributed by atoms with Gasteiger partial charge in [0.15, 0.2) is 0 Å². The standard InChI is InChI=1S/C16H22N2O/c1-5-16(3,4)15(19)18-14-11-13(7-6-10-17)9-8-12(14)2/h8-9,11H,5,10,17H2,1-4H3,(H,18,19). The number of amides is 1. The predicted octanol–water partition coefficient (Wildman–Crippen LogP) is 2.68. The van der Waals surface area contributed by atoms with Crippen LogP contribution >= 0.6 is 0 Å². The maximum absolute atomic E-state index is 12.2. The summed E-state index contributed by atoms with van der Waals surface area (Å²) in [7, 11) is 0. The van der Waals surface area contributed by atoms with Crippen LogP contribution in [0.15, 0.2) is 18.2 Å². The molecule has 1 amide bonds. The van der Waals surface area contributed by atoms with E-state index in [0.717, 1.165) is 23.2 Å². The summed E-state index contributed by atoms with van der Waals surface area (Å²) in [6.45, 7) is 8.19. The van der Waals surface area contributed by atoms with Gasteiger partial charge in [0.25, 0.3) is 0 Å². The lowest BCUT2D eigenvalue weighted by atomic mass is 9.89. The molecule has 0 saturated carbocycles. The van der Waals surface area contributed by atoms with E-state index in [2.05, 4.69) is 17.2 Å². The van der Waals surface area contributed by atoms with Crippen molar-refractivity contribution >= 4 is 11.6 Å². The third-order valence-corrected chi connectivity index (χ3v) is 3.32. The van der Waals surface area contributed by atoms with E-state index in [-0.39, 0.29) is 11.3 Å². The van der Waals surface area contributed by atoms with Crippen LogP contribution in [0.1, 0.15) is 38.3 Å². The van der Waals surface area contributed by atoms with Crippen molar-refractivity contribution in [2.24, 2.45) is 11.1 Å². The molecule has 1 rings (SSSR count). The van der Waals surface area contributed by atoms with E-state index in [4.69, 9.17) is 5.73 Å². The Hall–Kier alpha value is -1.79. The Morgan fingerprint density at radius 3 is 2.68 bits per heavy atom. The lowest BCUT2D eigenvalue weighted by Gasteiger charge is -2.22. The van der Waals surface area contributed by atoms with Gasteiger partial charge in [0, 0.05) is 16.7 Å². The van der Waals surface area contributed by atoms with Gasteiger partial charge in [0.05, 0.1) is 6.54 Å². The van der Waals surface area contributed by atoms with Crippen molar-refractivity contribution in [3.05, 3.63) is 29.3 Å². The van der Waals surface area contributed by atoms with Crippen LogP contribution in [-0.4, -0.2) is 12.5 Å². The van der Waals surface area contributed by atoms with Gasteiger partial charge in [0.2, 0.25) is 5.91 Å². The van der Waals surface area contributed by atoms with Gasteiger partial charge in [-0.25, -0.2) is 0 Å². The predicted molar refractivity (Wildman–Crippen MR) is 79.8 cm³/mol. The number of anilines is 1. The summed E-state index contributed by atoms with van der Waals surface area (Å²) in [5, 5.41) is 2.98. The van der Waals surface area contributed by atoms with Crippen LogP contribution < -0.4 is 11.1 Å². The Balaban J connectivity index is 2.98. The normalized spacial score (nSPS) is 10.6. The molecular weight excluding hydrogens is 236 g/mol. The summed E-state index contributed by atoms with van der Waals surface area (Å²) < 4.78 is 0. The maximum Gasteiger partial charge on any atom is 0.230 e. The number of hydrogen-bond acceptors (Lipinski definition) is 2. The van der Waals surface area contributed by atoms with E-state index in [1.54, 1.807) is 0 Å². The third kappa shape index (κ3) is 4.11. The highest BCUT2D eigenvalue weighted by Crippen LogP contribution is 2.24. The van der Waals surface area contributed by atoms with E-state index >= 15 is 0 Å². The van der Waals surface area contributed by atoms with Crippen molar-refractivity contribution in [3.8, 4) is 11.8 Å². The highest BCUT2D eigenvalue weighted by atomic mass is 16.2. The third-order valence-electron chi connectivity index (χ3n) is 3.32. The van der Waals surface area contributed by atoms with E-state index in [0.29, 0.717) is 6.54 Å². The molecule has 0 spiro atoms. The molecular formula is C16H22N2O. The van der Waals surface area contributed by atoms with E-state index in [1.165, 1.54) is 0 Å². The lowest BCUT2D eigenvalue weighted by Crippen LogP contribution is -2.30. The molecule has 0 atom stereocenters. The molecule has 0 saturated heterocycles. The molecule has 1 aromatic carbocycles. The minimum Gasteiger partial charge on any atom is -0.325 e. The zero-order valence-electron chi connectivity index (χ0n) is 12.1. The number of nitrogens with one attached hydrogen (secondary N) is 1. The van der Waals surface area contributed by atoms with Crippen molar-refractivity contribution in [1.29, 1.82) is 0 Å². The SMILES string of the molecule is CCC(C)(C)C(=O)Nc1cc(C#CCN)ccc1C. The van der Waals surface area contributed by atoms with Crippen LogP contribution in [0.3, 0.4) is 0 Å². The molecule has 3 heteroatoms. The molecule has 3 nitrogen and oxygen atoms in total. The number of aryl methyl sites for hydroxylation is 1. The van der Waals surface area contributed by atoms with Crippen molar-refractivity contribution in [3.63, 3.8) is 0 Å². The van der Waals surface area contributed by atoms with Gasteiger partial charge in [-0.1, -0.05) is 38.7 Å². The van der Waals surface area contributed by atoms with Gasteiger partial charge < -0.3 is 11.1 Å². The zero-order valence-corrected chi connectivity index (χ0v) is 12.1. The number of carbonyl (C=O) groups is 1. The quantitative estimate of drug-likeness (QED) is 0.819. The maximum atomic E-state index is 12.2. The number of benzene rings is 1. The molecule has 0 fully saturated rings. The summed E-state index contributed by atoms with van der Waals surface area (Å²) in [4.78, 5) is 12.2. The second-order valence-corrected chi connectivity index (χ2v) is 5.23. The van der Waals surface area contributed by atoms with Crippen LogP contribution in [0.5, 0.6) is 0 Å². The lowest BCUT2D eigenvalue weighted by molar-refractivity contribution is -0.124. The Bertz CT molecular complexity index is 521. The fourth-order valence-corrected chi connectivity index (χ4v) is 1.44. The number of hydrogen-bond donors (Lipinski definition) is 2. The van der Waals surface area contributed by atoms with Crippen molar-refractivity contribution in [2.45, 2.75) is 34.1 Å². The van der Waals surface area contributed by atoms with Crippen molar-refractivity contribution < 1.29 is 4.79 Å². The zero-order chi connectivity index (χ0) is 14.5. The fourth-order valence-electron chi connectivity index (χ4n) is 1.44. The fraction of sp³-hybridized carbons (Fsp3) is 0.438. The monoisotopic (exact) mass is 258 g/mol. The molecule has 102 valence electrons. The molecule has 0 heterocycles. The molecule has 0 radical (unpaired) electrons. The highest BCUT2D eigenvalue weighted by molar-refractivity contribution is 5.95. The summed E-state index contributed by atoms with van der Waals surface area (Å²) in [5.41, 5.74) is 7.69. The Morgan fingerprint density at radius 2 is 2.11 bits per heavy atom.